The van der Waals surface area contributed by atoms with Crippen molar-refractivity contribution in [1.82, 2.24) is 4.98 Å². The molecule has 0 bridgehead atoms. The number of nitrogens with zero attached hydrogens (tertiary/aromatic N) is 1. The van der Waals surface area contributed by atoms with E-state index in [1.165, 1.54) is 0 Å². The summed E-state index contributed by atoms with van der Waals surface area (Å²) in [7, 11) is 0. The molecular formula is C10H11ClN2O5. The molecule has 98 valence electrons. The van der Waals surface area contributed by atoms with E-state index in [1.54, 1.807) is 0 Å². The number of hydrogen-bond donors (Lipinski definition) is 4. The lowest BCUT2D eigenvalue weighted by Gasteiger charge is -2.16. The molecule has 0 saturated carbocycles. The van der Waals surface area contributed by atoms with Gasteiger partial charge < -0.3 is 21.1 Å². The smallest absolute Gasteiger partial charge is 0.356 e. The Balaban J connectivity index is 2.93. The van der Waals surface area contributed by atoms with Crippen LogP contribution in [0, 0.1) is 0 Å². The lowest BCUT2D eigenvalue weighted by atomic mass is 10.0. The molecule has 0 fully saturated rings. The fourth-order valence-electron chi connectivity index (χ4n) is 1.31. The van der Waals surface area contributed by atoms with Crippen LogP contribution in [0.2, 0.25) is 5.02 Å². The lowest BCUT2D eigenvalue weighted by Crippen LogP contribution is -2.25. The van der Waals surface area contributed by atoms with E-state index >= 15 is 0 Å². The van der Waals surface area contributed by atoms with Crippen molar-refractivity contribution < 1.29 is 24.9 Å². The number of aliphatic hydroxyl groups excluding tert-OH is 2. The highest BCUT2D eigenvalue weighted by atomic mass is 35.5. The maximum absolute atomic E-state index is 10.7. The number of carbonyl (C=O) groups is 2. The Bertz CT molecular complexity index is 479. The van der Waals surface area contributed by atoms with Crippen LogP contribution in [0.15, 0.2) is 12.3 Å². The first-order valence-corrected chi connectivity index (χ1v) is 5.24. The zero-order valence-corrected chi connectivity index (χ0v) is 9.83. The van der Waals surface area contributed by atoms with Gasteiger partial charge in [-0.15, -0.1) is 0 Å². The van der Waals surface area contributed by atoms with Crippen molar-refractivity contribution in [2.45, 2.75) is 18.6 Å². The van der Waals surface area contributed by atoms with Crippen molar-refractivity contribution in [2.75, 3.05) is 0 Å². The van der Waals surface area contributed by atoms with Crippen LogP contribution in [0.3, 0.4) is 0 Å². The summed E-state index contributed by atoms with van der Waals surface area (Å²) in [6, 6.07) is 1.16. The van der Waals surface area contributed by atoms with Crippen molar-refractivity contribution in [3.8, 4) is 0 Å². The third-order valence-corrected chi connectivity index (χ3v) is 2.47. The third-order valence-electron chi connectivity index (χ3n) is 2.18. The minimum atomic E-state index is -1.43. The summed E-state index contributed by atoms with van der Waals surface area (Å²) in [5.74, 6) is -2.08. The molecule has 0 aliphatic heterocycles. The second kappa shape index (κ2) is 5.76. The monoisotopic (exact) mass is 274 g/mol. The van der Waals surface area contributed by atoms with Crippen LogP contribution in [-0.4, -0.2) is 38.3 Å². The molecule has 0 aliphatic carbocycles. The van der Waals surface area contributed by atoms with Gasteiger partial charge in [-0.2, -0.15) is 0 Å². The summed E-state index contributed by atoms with van der Waals surface area (Å²) in [5, 5.41) is 27.7. The SMILES string of the molecule is NC(=O)CC(O)C(O)c1cnc(C(=O)O)c(Cl)c1. The number of nitrogens with two attached hydrogens (primary N) is 1. The zero-order valence-electron chi connectivity index (χ0n) is 9.08. The first-order valence-electron chi connectivity index (χ1n) is 4.86. The molecule has 0 saturated heterocycles. The molecule has 1 aromatic heterocycles. The average molecular weight is 275 g/mol. The topological polar surface area (TPSA) is 134 Å². The number of halogens is 1. The van der Waals surface area contributed by atoms with E-state index in [0.717, 1.165) is 12.3 Å². The summed E-state index contributed by atoms with van der Waals surface area (Å²) >= 11 is 5.65. The molecule has 1 amide bonds. The number of aromatic carboxylic acids is 1. The maximum atomic E-state index is 10.7. The zero-order chi connectivity index (χ0) is 13.9. The van der Waals surface area contributed by atoms with Gasteiger partial charge in [0.05, 0.1) is 17.5 Å². The van der Waals surface area contributed by atoms with Gasteiger partial charge in [0.15, 0.2) is 5.69 Å². The predicted octanol–water partition coefficient (Wildman–Crippen LogP) is -0.297. The van der Waals surface area contributed by atoms with Crippen molar-refractivity contribution in [2.24, 2.45) is 5.73 Å². The number of carboxylic acids is 1. The molecule has 7 nitrogen and oxygen atoms in total. The number of primary amides is 1. The largest absolute Gasteiger partial charge is 0.476 e. The fourth-order valence-corrected chi connectivity index (χ4v) is 1.57. The van der Waals surface area contributed by atoms with Crippen molar-refractivity contribution in [3.63, 3.8) is 0 Å². The van der Waals surface area contributed by atoms with Crippen molar-refractivity contribution in [1.29, 1.82) is 0 Å². The molecule has 2 atom stereocenters. The minimum absolute atomic E-state index is 0.0961. The number of pyridine rings is 1. The Hall–Kier alpha value is -1.70. The molecule has 8 heteroatoms. The minimum Gasteiger partial charge on any atom is -0.476 e. The number of rotatable bonds is 5. The van der Waals surface area contributed by atoms with E-state index < -0.39 is 30.5 Å². The second-order valence-electron chi connectivity index (χ2n) is 3.59. The van der Waals surface area contributed by atoms with Gasteiger partial charge in [0, 0.05) is 11.8 Å². The molecule has 2 unspecified atom stereocenters. The predicted molar refractivity (Wildman–Crippen MR) is 61.0 cm³/mol. The molecule has 1 aromatic rings. The summed E-state index contributed by atoms with van der Waals surface area (Å²) in [6.07, 6.45) is -2.20. The third kappa shape index (κ3) is 3.39. The van der Waals surface area contributed by atoms with Crippen LogP contribution in [0.5, 0.6) is 0 Å². The van der Waals surface area contributed by atoms with Crippen LogP contribution in [0.1, 0.15) is 28.6 Å². The summed E-state index contributed by atoms with van der Waals surface area (Å²) in [6.45, 7) is 0. The number of hydrogen-bond acceptors (Lipinski definition) is 5. The molecule has 0 aromatic carbocycles. The molecule has 0 aliphatic rings. The van der Waals surface area contributed by atoms with Crippen LogP contribution in [-0.2, 0) is 4.79 Å². The molecule has 1 rings (SSSR count). The highest BCUT2D eigenvalue weighted by molar-refractivity contribution is 6.33. The van der Waals surface area contributed by atoms with Gasteiger partial charge in [0.1, 0.15) is 6.10 Å². The quantitative estimate of drug-likeness (QED) is 0.582. The van der Waals surface area contributed by atoms with E-state index in [2.05, 4.69) is 4.98 Å². The Morgan fingerprint density at radius 1 is 1.44 bits per heavy atom. The molecular weight excluding hydrogens is 264 g/mol. The summed E-state index contributed by atoms with van der Waals surface area (Å²) in [5.41, 5.74) is 4.61. The van der Waals surface area contributed by atoms with E-state index in [9.17, 15) is 19.8 Å². The van der Waals surface area contributed by atoms with Crippen molar-refractivity contribution >= 4 is 23.5 Å². The normalized spacial score (nSPS) is 13.9. The molecule has 0 radical (unpaired) electrons. The first kappa shape index (κ1) is 14.4. The number of carboxylic acid groups (broad SMARTS) is 1. The first-order chi connectivity index (χ1) is 8.32. The van der Waals surface area contributed by atoms with Crippen LogP contribution >= 0.6 is 11.6 Å². The lowest BCUT2D eigenvalue weighted by molar-refractivity contribution is -0.121. The van der Waals surface area contributed by atoms with Crippen LogP contribution in [0.4, 0.5) is 0 Å². The van der Waals surface area contributed by atoms with Crippen LogP contribution < -0.4 is 5.73 Å². The molecule has 18 heavy (non-hydrogen) atoms. The number of amides is 1. The Morgan fingerprint density at radius 2 is 2.06 bits per heavy atom. The Labute approximate surface area is 107 Å². The maximum Gasteiger partial charge on any atom is 0.356 e. The van der Waals surface area contributed by atoms with Gasteiger partial charge in [-0.25, -0.2) is 9.78 Å². The van der Waals surface area contributed by atoms with Gasteiger partial charge in [-0.1, -0.05) is 11.6 Å². The standard InChI is InChI=1S/C10H11ClN2O5/c11-5-1-4(3-13-8(5)10(17)18)9(16)6(14)2-7(12)15/h1,3,6,9,14,16H,2H2,(H2,12,15)(H,17,18). The highest BCUT2D eigenvalue weighted by Crippen LogP contribution is 2.23. The van der Waals surface area contributed by atoms with Crippen molar-refractivity contribution in [3.05, 3.63) is 28.5 Å². The molecule has 5 N–H and O–H groups in total. The number of aliphatic hydroxyl groups is 2. The van der Waals surface area contributed by atoms with Crippen LogP contribution in [0.25, 0.3) is 0 Å². The van der Waals surface area contributed by atoms with Gasteiger partial charge in [-0.3, -0.25) is 4.79 Å². The Morgan fingerprint density at radius 3 is 2.50 bits per heavy atom. The van der Waals surface area contributed by atoms with Gasteiger partial charge in [-0.05, 0) is 6.07 Å². The highest BCUT2D eigenvalue weighted by Gasteiger charge is 2.22. The van der Waals surface area contributed by atoms with Gasteiger partial charge in [0.2, 0.25) is 5.91 Å². The van der Waals surface area contributed by atoms with E-state index in [0.29, 0.717) is 0 Å². The van der Waals surface area contributed by atoms with E-state index in [4.69, 9.17) is 22.4 Å². The Kier molecular flexibility index (Phi) is 4.60. The second-order valence-corrected chi connectivity index (χ2v) is 3.99. The average Bonchev–Trinajstić information content (AvgIpc) is 2.26. The van der Waals surface area contributed by atoms with Gasteiger partial charge >= 0.3 is 5.97 Å². The summed E-state index contributed by atoms with van der Waals surface area (Å²) < 4.78 is 0. The number of aromatic nitrogens is 1. The van der Waals surface area contributed by atoms with Gasteiger partial charge in [0.25, 0.3) is 0 Å². The fraction of sp³-hybridized carbons (Fsp3) is 0.300. The van der Waals surface area contributed by atoms with E-state index in [1.807, 2.05) is 0 Å². The molecule has 1 heterocycles. The molecule has 0 spiro atoms. The van der Waals surface area contributed by atoms with E-state index in [-0.39, 0.29) is 16.3 Å². The summed E-state index contributed by atoms with van der Waals surface area (Å²) in [4.78, 5) is 24.8. The number of carbonyl (C=O) groups excluding carboxylic acids is 1.